The predicted octanol–water partition coefficient (Wildman–Crippen LogP) is 4.58. The summed E-state index contributed by atoms with van der Waals surface area (Å²) in [6.07, 6.45) is 0. The molecule has 3 rings (SSSR count). The zero-order valence-electron chi connectivity index (χ0n) is 16.1. The van der Waals surface area contributed by atoms with Crippen molar-refractivity contribution in [1.82, 2.24) is 0 Å². The molecule has 0 unspecified atom stereocenters. The molecular weight excluding hydrogens is 366 g/mol. The zero-order chi connectivity index (χ0) is 20.8. The van der Waals surface area contributed by atoms with Gasteiger partial charge in [0.2, 0.25) is 11.6 Å². The van der Waals surface area contributed by atoms with Crippen LogP contribution in [0, 0.1) is 13.8 Å². The first kappa shape index (κ1) is 19.9. The molecule has 3 aromatic carbocycles. The van der Waals surface area contributed by atoms with Crippen LogP contribution in [0.1, 0.15) is 42.2 Å². The van der Waals surface area contributed by atoms with E-state index >= 15 is 0 Å². The summed E-state index contributed by atoms with van der Waals surface area (Å²) in [5, 5.41) is 3.67. The molecule has 0 heterocycles. The Bertz CT molecular complexity index is 1010. The van der Waals surface area contributed by atoms with Crippen LogP contribution in [0.25, 0.3) is 0 Å². The van der Waals surface area contributed by atoms with Gasteiger partial charge in [-0.1, -0.05) is 83.0 Å². The first-order valence-corrected chi connectivity index (χ1v) is 9.03. The van der Waals surface area contributed by atoms with Crippen LogP contribution in [0.4, 0.5) is 0 Å². The maximum atomic E-state index is 12.9. The maximum Gasteiger partial charge on any atom is 0.365 e. The van der Waals surface area contributed by atoms with Crippen LogP contribution in [0.15, 0.2) is 84.0 Å². The highest BCUT2D eigenvalue weighted by atomic mass is 16.7. The van der Waals surface area contributed by atoms with E-state index in [2.05, 4.69) is 5.16 Å². The summed E-state index contributed by atoms with van der Waals surface area (Å²) in [6.45, 7) is 3.78. The van der Waals surface area contributed by atoms with Gasteiger partial charge in [0, 0.05) is 11.1 Å². The quantitative estimate of drug-likeness (QED) is 0.205. The van der Waals surface area contributed by atoms with Crippen molar-refractivity contribution >= 4 is 23.2 Å². The number of carbonyl (C=O) groups is 3. The lowest BCUT2D eigenvalue weighted by Crippen LogP contribution is -2.25. The molecule has 0 radical (unpaired) electrons. The van der Waals surface area contributed by atoms with Gasteiger partial charge in [-0.25, -0.2) is 4.79 Å². The lowest BCUT2D eigenvalue weighted by atomic mass is 9.98. The largest absolute Gasteiger partial charge is 0.365 e. The minimum Gasteiger partial charge on any atom is -0.312 e. The number of aryl methyl sites for hydroxylation is 2. The van der Waals surface area contributed by atoms with E-state index in [9.17, 15) is 14.4 Å². The van der Waals surface area contributed by atoms with Gasteiger partial charge in [-0.05, 0) is 26.0 Å². The fourth-order valence-electron chi connectivity index (χ4n) is 2.58. The molecule has 0 amide bonds. The Labute approximate surface area is 168 Å². The molecule has 0 aromatic heterocycles. The Hall–Kier alpha value is -3.86. The van der Waals surface area contributed by atoms with Crippen molar-refractivity contribution in [3.8, 4) is 0 Å². The maximum absolute atomic E-state index is 12.9. The molecule has 5 nitrogen and oxygen atoms in total. The summed E-state index contributed by atoms with van der Waals surface area (Å²) >= 11 is 0. The van der Waals surface area contributed by atoms with Crippen LogP contribution in [0.3, 0.4) is 0 Å². The van der Waals surface area contributed by atoms with E-state index < -0.39 is 23.2 Å². The van der Waals surface area contributed by atoms with Crippen LogP contribution >= 0.6 is 0 Å². The lowest BCUT2D eigenvalue weighted by molar-refractivity contribution is 0.0515. The number of hydrogen-bond donors (Lipinski definition) is 0. The monoisotopic (exact) mass is 385 g/mol. The average Bonchev–Trinajstić information content (AvgIpc) is 2.75. The Morgan fingerprint density at radius 2 is 1.07 bits per heavy atom. The minimum absolute atomic E-state index is 0.265. The molecule has 3 aromatic rings. The first-order chi connectivity index (χ1) is 14.0. The highest BCUT2D eigenvalue weighted by molar-refractivity contribution is 6.71. The smallest absolute Gasteiger partial charge is 0.312 e. The van der Waals surface area contributed by atoms with E-state index in [1.807, 2.05) is 13.8 Å². The molecule has 0 aliphatic rings. The molecule has 0 N–H and O–H groups in total. The molecule has 0 saturated carbocycles. The second-order valence-corrected chi connectivity index (χ2v) is 6.57. The molecule has 0 bridgehead atoms. The number of Topliss-reactive ketones (excluding diaryl/α,β-unsaturated/α-hetero) is 2. The van der Waals surface area contributed by atoms with E-state index in [0.717, 1.165) is 11.1 Å². The number of oxime groups is 1. The number of nitrogens with zero attached hydrogens (tertiary/aromatic N) is 1. The second kappa shape index (κ2) is 8.89. The third kappa shape index (κ3) is 4.90. The van der Waals surface area contributed by atoms with Crippen molar-refractivity contribution in [2.24, 2.45) is 5.16 Å². The normalized spacial score (nSPS) is 10.1. The summed E-state index contributed by atoms with van der Waals surface area (Å²) in [4.78, 5) is 43.0. The van der Waals surface area contributed by atoms with Crippen LogP contribution in [0.5, 0.6) is 0 Å². The summed E-state index contributed by atoms with van der Waals surface area (Å²) in [5.41, 5.74) is 2.32. The van der Waals surface area contributed by atoms with Gasteiger partial charge in [-0.3, -0.25) is 9.59 Å². The SMILES string of the molecule is Cc1ccc(C(=O)C(=NOC(=O)c2ccccc2)C(=O)c2ccc(C)cc2)cc1. The molecule has 0 aliphatic heterocycles. The molecule has 0 aliphatic carbocycles. The van der Waals surface area contributed by atoms with Crippen molar-refractivity contribution in [1.29, 1.82) is 0 Å². The number of hydrogen-bond acceptors (Lipinski definition) is 5. The van der Waals surface area contributed by atoms with Gasteiger partial charge >= 0.3 is 5.97 Å². The van der Waals surface area contributed by atoms with Crippen molar-refractivity contribution in [3.63, 3.8) is 0 Å². The number of benzene rings is 3. The Morgan fingerprint density at radius 1 is 0.621 bits per heavy atom. The second-order valence-electron chi connectivity index (χ2n) is 6.57. The van der Waals surface area contributed by atoms with Gasteiger partial charge in [-0.15, -0.1) is 0 Å². The van der Waals surface area contributed by atoms with Crippen molar-refractivity contribution in [2.45, 2.75) is 13.8 Å². The Kier molecular flexibility index (Phi) is 6.09. The summed E-state index contributed by atoms with van der Waals surface area (Å²) in [7, 11) is 0. The van der Waals surface area contributed by atoms with Crippen molar-refractivity contribution in [3.05, 3.63) is 107 Å². The predicted molar refractivity (Wildman–Crippen MR) is 110 cm³/mol. The average molecular weight is 385 g/mol. The van der Waals surface area contributed by atoms with Gasteiger partial charge in [0.1, 0.15) is 0 Å². The van der Waals surface area contributed by atoms with Crippen molar-refractivity contribution in [2.75, 3.05) is 0 Å². The Morgan fingerprint density at radius 3 is 1.52 bits per heavy atom. The number of rotatable bonds is 6. The lowest BCUT2D eigenvalue weighted by Gasteiger charge is -2.06. The summed E-state index contributed by atoms with van der Waals surface area (Å²) < 4.78 is 0. The van der Waals surface area contributed by atoms with E-state index in [1.165, 1.54) is 0 Å². The van der Waals surface area contributed by atoms with Gasteiger partial charge in [0.15, 0.2) is 5.71 Å². The third-order valence-electron chi connectivity index (χ3n) is 4.29. The van der Waals surface area contributed by atoms with E-state index in [4.69, 9.17) is 4.84 Å². The van der Waals surface area contributed by atoms with E-state index in [-0.39, 0.29) is 16.7 Å². The number of carbonyl (C=O) groups excluding carboxylic acids is 3. The van der Waals surface area contributed by atoms with Gasteiger partial charge in [0.05, 0.1) is 5.56 Å². The molecule has 0 fully saturated rings. The highest BCUT2D eigenvalue weighted by Gasteiger charge is 2.25. The zero-order valence-corrected chi connectivity index (χ0v) is 16.1. The summed E-state index contributed by atoms with van der Waals surface area (Å²) in [5.74, 6) is -1.98. The van der Waals surface area contributed by atoms with Gasteiger partial charge in [-0.2, -0.15) is 0 Å². The fraction of sp³-hybridized carbons (Fsp3) is 0.0833. The van der Waals surface area contributed by atoms with E-state index in [1.54, 1.807) is 78.9 Å². The summed E-state index contributed by atoms with van der Waals surface area (Å²) in [6, 6.07) is 21.7. The molecule has 5 heteroatoms. The minimum atomic E-state index is -0.753. The standard InChI is InChI=1S/C24H19NO4/c1-16-8-12-18(13-9-16)22(26)21(23(27)19-14-10-17(2)11-15-19)25-29-24(28)20-6-4-3-5-7-20/h3-15H,1-2H3. The molecule has 0 atom stereocenters. The topological polar surface area (TPSA) is 72.8 Å². The Balaban J connectivity index is 1.95. The molecule has 0 saturated heterocycles. The molecular formula is C24H19NO4. The number of ketones is 2. The van der Waals surface area contributed by atoms with Gasteiger partial charge < -0.3 is 4.84 Å². The highest BCUT2D eigenvalue weighted by Crippen LogP contribution is 2.11. The van der Waals surface area contributed by atoms with Crippen LogP contribution in [-0.2, 0) is 4.84 Å². The molecule has 29 heavy (non-hydrogen) atoms. The first-order valence-electron chi connectivity index (χ1n) is 9.03. The van der Waals surface area contributed by atoms with Crippen molar-refractivity contribution < 1.29 is 19.2 Å². The van der Waals surface area contributed by atoms with Gasteiger partial charge in [0.25, 0.3) is 0 Å². The molecule has 0 spiro atoms. The van der Waals surface area contributed by atoms with Crippen LogP contribution in [-0.4, -0.2) is 23.2 Å². The molecule has 144 valence electrons. The third-order valence-corrected chi connectivity index (χ3v) is 4.29. The fourth-order valence-corrected chi connectivity index (χ4v) is 2.58. The van der Waals surface area contributed by atoms with Crippen LogP contribution in [0.2, 0.25) is 0 Å². The van der Waals surface area contributed by atoms with Crippen LogP contribution < -0.4 is 0 Å². The van der Waals surface area contributed by atoms with E-state index in [0.29, 0.717) is 0 Å².